The molecule has 3 nitrogen and oxygen atoms in total. The van der Waals surface area contributed by atoms with Crippen molar-refractivity contribution in [3.05, 3.63) is 11.6 Å². The molecular weight excluding hydrogens is 368 g/mol. The maximum atomic E-state index is 7.01. The lowest BCUT2D eigenvalue weighted by Crippen LogP contribution is -2.57. The van der Waals surface area contributed by atoms with Crippen LogP contribution in [0.3, 0.4) is 0 Å². The average Bonchev–Trinajstić information content (AvgIpc) is 3.16. The van der Waals surface area contributed by atoms with Crippen LogP contribution in [0, 0.1) is 46.3 Å². The van der Waals surface area contributed by atoms with Crippen molar-refractivity contribution in [1.82, 2.24) is 5.32 Å². The second-order valence-electron chi connectivity index (χ2n) is 12.9. The van der Waals surface area contributed by atoms with E-state index in [4.69, 9.17) is 10.5 Å². The Morgan fingerprint density at radius 1 is 1.07 bits per heavy atom. The van der Waals surface area contributed by atoms with Crippen molar-refractivity contribution in [2.45, 2.75) is 103 Å². The van der Waals surface area contributed by atoms with Gasteiger partial charge in [0.2, 0.25) is 0 Å². The Kier molecular flexibility index (Phi) is 4.44. The molecule has 1 spiro atoms. The lowest BCUT2D eigenvalue weighted by Gasteiger charge is -2.58. The highest BCUT2D eigenvalue weighted by Gasteiger charge is 2.68. The van der Waals surface area contributed by atoms with Gasteiger partial charge >= 0.3 is 0 Å². The molecule has 0 aromatic heterocycles. The molecule has 0 radical (unpaired) electrons. The minimum Gasteiger partial charge on any atom is -0.357 e. The van der Waals surface area contributed by atoms with Crippen molar-refractivity contribution in [3.8, 4) is 0 Å². The fraction of sp³-hybridized carbons (Fsp3) is 0.926. The normalized spacial score (nSPS) is 59.8. The van der Waals surface area contributed by atoms with Gasteiger partial charge in [-0.05, 0) is 98.2 Å². The molecule has 0 aromatic carbocycles. The van der Waals surface area contributed by atoms with Crippen LogP contribution in [0.5, 0.6) is 0 Å². The second-order valence-corrected chi connectivity index (χ2v) is 12.9. The fourth-order valence-corrected chi connectivity index (χ4v) is 9.89. The quantitative estimate of drug-likeness (QED) is 0.534. The van der Waals surface area contributed by atoms with E-state index in [0.29, 0.717) is 28.9 Å². The summed E-state index contributed by atoms with van der Waals surface area (Å²) in [6.45, 7) is 11.3. The summed E-state index contributed by atoms with van der Waals surface area (Å²) in [6.07, 6.45) is 14.8. The number of piperidine rings is 1. The minimum atomic E-state index is -0.0300. The van der Waals surface area contributed by atoms with Gasteiger partial charge in [-0.15, -0.1) is 0 Å². The maximum Gasteiger partial charge on any atom is 0.122 e. The molecule has 0 bridgehead atoms. The van der Waals surface area contributed by atoms with E-state index >= 15 is 0 Å². The molecule has 2 heterocycles. The van der Waals surface area contributed by atoms with Gasteiger partial charge in [0.1, 0.15) is 5.72 Å². The molecule has 2 aliphatic heterocycles. The number of hydrogen-bond donors (Lipinski definition) is 2. The van der Waals surface area contributed by atoms with E-state index in [-0.39, 0.29) is 5.72 Å². The molecule has 0 aromatic rings. The summed E-state index contributed by atoms with van der Waals surface area (Å²) in [5, 5.41) is 3.90. The Morgan fingerprint density at radius 3 is 2.67 bits per heavy atom. The van der Waals surface area contributed by atoms with Crippen molar-refractivity contribution in [1.29, 1.82) is 0 Å². The van der Waals surface area contributed by atoms with Crippen LogP contribution in [-0.2, 0) is 4.74 Å². The Balaban J connectivity index is 1.28. The van der Waals surface area contributed by atoms with Crippen LogP contribution in [0.25, 0.3) is 0 Å². The molecule has 6 aliphatic rings. The lowest BCUT2D eigenvalue weighted by molar-refractivity contribution is -0.115. The van der Waals surface area contributed by atoms with Crippen molar-refractivity contribution in [2.24, 2.45) is 52.1 Å². The van der Waals surface area contributed by atoms with Crippen LogP contribution >= 0.6 is 0 Å². The third-order valence-corrected chi connectivity index (χ3v) is 11.6. The summed E-state index contributed by atoms with van der Waals surface area (Å²) < 4.78 is 7.01. The Morgan fingerprint density at radius 2 is 1.90 bits per heavy atom. The van der Waals surface area contributed by atoms with E-state index < -0.39 is 0 Å². The minimum absolute atomic E-state index is 0.0300. The van der Waals surface area contributed by atoms with Gasteiger partial charge in [-0.1, -0.05) is 39.3 Å². The van der Waals surface area contributed by atoms with Gasteiger partial charge in [0, 0.05) is 18.5 Å². The molecule has 3 N–H and O–H groups in total. The summed E-state index contributed by atoms with van der Waals surface area (Å²) in [4.78, 5) is 0. The van der Waals surface area contributed by atoms with Gasteiger partial charge in [0.25, 0.3) is 0 Å². The first-order valence-corrected chi connectivity index (χ1v) is 13.1. The van der Waals surface area contributed by atoms with E-state index in [9.17, 15) is 0 Å². The molecule has 11 atom stereocenters. The van der Waals surface area contributed by atoms with Crippen LogP contribution in [0.1, 0.15) is 85.5 Å². The number of allylic oxidation sites excluding steroid dienone is 1. The zero-order chi connectivity index (χ0) is 20.9. The highest BCUT2D eigenvalue weighted by Crippen LogP contribution is 2.70. The summed E-state index contributed by atoms with van der Waals surface area (Å²) in [5.41, 5.74) is 8.94. The number of nitrogens with two attached hydrogens (primary N) is 1. The van der Waals surface area contributed by atoms with Crippen LogP contribution in [-0.4, -0.2) is 24.4 Å². The molecule has 5 fully saturated rings. The molecule has 168 valence electrons. The summed E-state index contributed by atoms with van der Waals surface area (Å²) >= 11 is 0. The highest BCUT2D eigenvalue weighted by molar-refractivity contribution is 5.26. The van der Waals surface area contributed by atoms with Gasteiger partial charge in [-0.25, -0.2) is 0 Å². The Labute approximate surface area is 184 Å². The molecule has 2 saturated heterocycles. The molecule has 3 saturated carbocycles. The number of nitrogens with one attached hydrogen (secondary N) is 1. The molecule has 0 amide bonds. The largest absolute Gasteiger partial charge is 0.357 e. The smallest absolute Gasteiger partial charge is 0.122 e. The number of rotatable bonds is 0. The van der Waals surface area contributed by atoms with Crippen molar-refractivity contribution in [2.75, 3.05) is 6.54 Å². The Hall–Kier alpha value is -0.380. The van der Waals surface area contributed by atoms with E-state index in [2.05, 4.69) is 39.1 Å². The molecule has 4 aliphatic carbocycles. The predicted octanol–water partition coefficient (Wildman–Crippen LogP) is 5.25. The van der Waals surface area contributed by atoms with Gasteiger partial charge < -0.3 is 10.5 Å². The van der Waals surface area contributed by atoms with Gasteiger partial charge in [0.15, 0.2) is 0 Å². The van der Waals surface area contributed by atoms with Crippen LogP contribution in [0.15, 0.2) is 11.6 Å². The van der Waals surface area contributed by atoms with Crippen molar-refractivity contribution >= 4 is 0 Å². The van der Waals surface area contributed by atoms with Crippen LogP contribution in [0.4, 0.5) is 0 Å². The van der Waals surface area contributed by atoms with Gasteiger partial charge in [-0.2, -0.15) is 0 Å². The zero-order valence-electron chi connectivity index (χ0n) is 19.8. The molecular formula is C27H44N2O. The number of fused-ring (bicyclic) bond motifs is 7. The monoisotopic (exact) mass is 412 g/mol. The zero-order valence-corrected chi connectivity index (χ0v) is 19.8. The Bertz CT molecular complexity index is 739. The standard InChI is InChI=1S/C27H44N2O/c1-16-7-12-27(29-15-16)17(2)24-23(30-27)14-22-20-6-5-18-13-19(28)8-10-25(18,3)21(20)9-11-26(22,24)4/h5,16-17,19-24,29H,6-15,28H2,1-4H3/t16-,17-,19+,20+,21-,22-,23-,24?,25-,26-,27-/m0/s1. The van der Waals surface area contributed by atoms with Crippen LogP contribution in [0.2, 0.25) is 0 Å². The molecule has 30 heavy (non-hydrogen) atoms. The van der Waals surface area contributed by atoms with Gasteiger partial charge in [0.05, 0.1) is 6.10 Å². The van der Waals surface area contributed by atoms with Crippen molar-refractivity contribution < 1.29 is 4.74 Å². The highest BCUT2D eigenvalue weighted by atomic mass is 16.5. The SMILES string of the molecule is C[C@H]1CC[C@]2(NC1)O[C@H]1C[C@H]3[C@@H]4CC=C5C[C@H](N)CC[C@]5(C)[C@H]4CC[C@]3(C)C1[C@@H]2C. The third-order valence-electron chi connectivity index (χ3n) is 11.6. The first kappa shape index (κ1) is 20.2. The first-order chi connectivity index (χ1) is 14.3. The first-order valence-electron chi connectivity index (χ1n) is 13.1. The summed E-state index contributed by atoms with van der Waals surface area (Å²) in [5.74, 6) is 4.75. The average molecular weight is 413 g/mol. The number of ether oxygens (including phenoxy) is 1. The van der Waals surface area contributed by atoms with Crippen LogP contribution < -0.4 is 11.1 Å². The van der Waals surface area contributed by atoms with Crippen molar-refractivity contribution in [3.63, 3.8) is 0 Å². The fourth-order valence-electron chi connectivity index (χ4n) is 9.89. The van der Waals surface area contributed by atoms with Gasteiger partial charge in [-0.3, -0.25) is 5.32 Å². The predicted molar refractivity (Wildman–Crippen MR) is 122 cm³/mol. The van der Waals surface area contributed by atoms with E-state index in [1.165, 1.54) is 51.4 Å². The number of hydrogen-bond acceptors (Lipinski definition) is 3. The molecule has 6 rings (SSSR count). The lowest BCUT2D eigenvalue weighted by atomic mass is 9.46. The second kappa shape index (κ2) is 6.58. The topological polar surface area (TPSA) is 47.3 Å². The van der Waals surface area contributed by atoms with E-state index in [0.717, 1.165) is 42.6 Å². The molecule has 1 unspecified atom stereocenters. The maximum absolute atomic E-state index is 7.01. The van der Waals surface area contributed by atoms with E-state index in [1.807, 2.05) is 0 Å². The summed E-state index contributed by atoms with van der Waals surface area (Å²) in [7, 11) is 0. The summed E-state index contributed by atoms with van der Waals surface area (Å²) in [6, 6.07) is 0.400. The third kappa shape index (κ3) is 2.55. The van der Waals surface area contributed by atoms with E-state index in [1.54, 1.807) is 5.57 Å². The molecule has 3 heteroatoms.